The van der Waals surface area contributed by atoms with Crippen molar-refractivity contribution in [2.45, 2.75) is 6.92 Å². The summed E-state index contributed by atoms with van der Waals surface area (Å²) in [5.74, 6) is 0.815. The number of para-hydroxylation sites is 2. The molecule has 0 unspecified atom stereocenters. The van der Waals surface area contributed by atoms with Gasteiger partial charge in [-0.1, -0.05) is 42.5 Å². The minimum atomic E-state index is 0.349. The third-order valence-electron chi connectivity index (χ3n) is 4.13. The molecule has 0 atom stereocenters. The highest BCUT2D eigenvalue weighted by molar-refractivity contribution is 5.76. The first kappa shape index (κ1) is 19.0. The van der Waals surface area contributed by atoms with Crippen LogP contribution in [0.25, 0.3) is 0 Å². The van der Waals surface area contributed by atoms with Crippen molar-refractivity contribution in [3.63, 3.8) is 0 Å². The summed E-state index contributed by atoms with van der Waals surface area (Å²) < 4.78 is 6.36. The Morgan fingerprint density at radius 2 is 1.30 bits per heavy atom. The van der Waals surface area contributed by atoms with Crippen molar-refractivity contribution in [3.05, 3.63) is 84.9 Å². The maximum Gasteiger partial charge on any atom is 0.252 e. The summed E-state index contributed by atoms with van der Waals surface area (Å²) in [6.45, 7) is 3.07. The average Bonchev–Trinajstić information content (AvgIpc) is 2.69. The van der Waals surface area contributed by atoms with Gasteiger partial charge in [0, 0.05) is 23.1 Å². The molecule has 0 saturated carbocycles. The zero-order valence-electron chi connectivity index (χ0n) is 16.2. The molecule has 3 rings (SSSR count). The van der Waals surface area contributed by atoms with Crippen LogP contribution >= 0.6 is 0 Å². The minimum absolute atomic E-state index is 0.349. The molecule has 4 heteroatoms. The molecule has 0 amide bonds. The van der Waals surface area contributed by atoms with Crippen molar-refractivity contribution in [3.8, 4) is 5.75 Å². The van der Waals surface area contributed by atoms with Crippen molar-refractivity contribution in [2.24, 2.45) is 0 Å². The monoisotopic (exact) mass is 363 g/mol. The van der Waals surface area contributed by atoms with Crippen LogP contribution in [0.15, 0.2) is 84.9 Å². The Labute approximate surface area is 161 Å². The Hall–Kier alpha value is -2.82. The van der Waals surface area contributed by atoms with E-state index in [4.69, 9.17) is 9.57 Å². The summed E-state index contributed by atoms with van der Waals surface area (Å²) >= 11 is 0. The minimum Gasteiger partial charge on any atom is -0.442 e. The van der Waals surface area contributed by atoms with Gasteiger partial charge in [-0.2, -0.15) is 4.65 Å². The Balaban J connectivity index is 1.90. The van der Waals surface area contributed by atoms with E-state index in [1.54, 1.807) is 0 Å². The molecule has 0 radical (unpaired) electrons. The predicted molar refractivity (Wildman–Crippen MR) is 110 cm³/mol. The number of nitrogens with zero attached hydrogens (tertiary/aromatic N) is 2. The summed E-state index contributed by atoms with van der Waals surface area (Å²) in [4.78, 5) is 7.89. The highest BCUT2D eigenvalue weighted by Gasteiger charge is 2.17. The van der Waals surface area contributed by atoms with Crippen LogP contribution in [0.5, 0.6) is 5.75 Å². The van der Waals surface area contributed by atoms with Crippen LogP contribution in [-0.2, 0) is 4.84 Å². The molecule has 0 aliphatic carbocycles. The first-order valence-electron chi connectivity index (χ1n) is 9.20. The van der Waals surface area contributed by atoms with Gasteiger partial charge >= 0.3 is 0 Å². The van der Waals surface area contributed by atoms with Gasteiger partial charge in [0.25, 0.3) is 6.73 Å². The molecule has 0 aliphatic rings. The fraction of sp³-hybridized carbons (Fsp3) is 0.217. The number of rotatable bonds is 8. The molecular weight excluding hydrogens is 336 g/mol. The van der Waals surface area contributed by atoms with Crippen LogP contribution in [-0.4, -0.2) is 32.1 Å². The van der Waals surface area contributed by atoms with Gasteiger partial charge in [-0.15, -0.1) is 0 Å². The van der Waals surface area contributed by atoms with Gasteiger partial charge in [-0.25, -0.2) is 4.84 Å². The highest BCUT2D eigenvalue weighted by atomic mass is 16.7. The lowest BCUT2D eigenvalue weighted by atomic mass is 10.2. The predicted octanol–water partition coefficient (Wildman–Crippen LogP) is 5.52. The second-order valence-corrected chi connectivity index (χ2v) is 6.77. The molecule has 3 aromatic carbocycles. The Bertz CT molecular complexity index is 796. The zero-order valence-corrected chi connectivity index (χ0v) is 16.2. The van der Waals surface area contributed by atoms with E-state index in [9.17, 15) is 0 Å². The van der Waals surface area contributed by atoms with E-state index in [2.05, 4.69) is 41.3 Å². The number of quaternary nitrogens is 1. The number of hydroxylamine groups is 3. The van der Waals surface area contributed by atoms with E-state index in [1.165, 1.54) is 0 Å². The SMILES string of the molecule is CCO[N+](C)(C)COc1cccc(N(c2ccccc2)c2ccccc2)c1. The van der Waals surface area contributed by atoms with E-state index >= 15 is 0 Å². The molecule has 4 nitrogen and oxygen atoms in total. The summed E-state index contributed by atoms with van der Waals surface area (Å²) in [6, 6.07) is 28.8. The summed E-state index contributed by atoms with van der Waals surface area (Å²) in [7, 11) is 3.96. The van der Waals surface area contributed by atoms with Crippen molar-refractivity contribution in [1.82, 2.24) is 0 Å². The van der Waals surface area contributed by atoms with Gasteiger partial charge in [-0.3, -0.25) is 0 Å². The van der Waals surface area contributed by atoms with Gasteiger partial charge in [0.15, 0.2) is 0 Å². The molecule has 0 aliphatic heterocycles. The van der Waals surface area contributed by atoms with Crippen LogP contribution in [0.1, 0.15) is 6.92 Å². The molecule has 0 saturated heterocycles. The van der Waals surface area contributed by atoms with Gasteiger partial charge in [0.05, 0.1) is 0 Å². The van der Waals surface area contributed by atoms with Crippen molar-refractivity contribution >= 4 is 17.1 Å². The second kappa shape index (κ2) is 8.71. The summed E-state index contributed by atoms with van der Waals surface area (Å²) in [6.07, 6.45) is 0. The largest absolute Gasteiger partial charge is 0.442 e. The van der Waals surface area contributed by atoms with Crippen LogP contribution < -0.4 is 9.64 Å². The van der Waals surface area contributed by atoms with E-state index in [-0.39, 0.29) is 0 Å². The number of hydrogen-bond acceptors (Lipinski definition) is 3. The molecule has 0 aromatic heterocycles. The topological polar surface area (TPSA) is 21.7 Å². The van der Waals surface area contributed by atoms with Gasteiger partial charge in [-0.05, 0) is 43.3 Å². The van der Waals surface area contributed by atoms with Crippen LogP contribution in [0, 0.1) is 0 Å². The fourth-order valence-electron chi connectivity index (χ4n) is 2.93. The number of ether oxygens (including phenoxy) is 1. The summed E-state index contributed by atoms with van der Waals surface area (Å²) in [5, 5.41) is 0. The van der Waals surface area contributed by atoms with Crippen molar-refractivity contribution < 1.29 is 14.2 Å². The molecule has 0 heterocycles. The van der Waals surface area contributed by atoms with E-state index in [0.29, 0.717) is 18.0 Å². The molecule has 27 heavy (non-hydrogen) atoms. The van der Waals surface area contributed by atoms with Gasteiger partial charge < -0.3 is 9.64 Å². The Kier molecular flexibility index (Phi) is 6.12. The standard InChI is InChI=1S/C23H27N2O2/c1-4-27-25(2,3)19-26-23-17-11-16-22(18-23)24(20-12-7-5-8-13-20)21-14-9-6-10-15-21/h5-18H,4,19H2,1-3H3/q+1. The lowest BCUT2D eigenvalue weighted by molar-refractivity contribution is -1.09. The smallest absolute Gasteiger partial charge is 0.252 e. The van der Waals surface area contributed by atoms with Gasteiger partial charge in [0.1, 0.15) is 26.5 Å². The fourth-order valence-corrected chi connectivity index (χ4v) is 2.93. The maximum absolute atomic E-state index is 6.01. The molecule has 0 N–H and O–H groups in total. The van der Waals surface area contributed by atoms with Crippen LogP contribution in [0.2, 0.25) is 0 Å². The average molecular weight is 363 g/mol. The summed E-state index contributed by atoms with van der Waals surface area (Å²) in [5.41, 5.74) is 3.25. The van der Waals surface area contributed by atoms with E-state index in [1.807, 2.05) is 69.6 Å². The van der Waals surface area contributed by atoms with Gasteiger partial charge in [0.2, 0.25) is 0 Å². The Morgan fingerprint density at radius 1 is 0.741 bits per heavy atom. The maximum atomic E-state index is 6.01. The zero-order chi connectivity index (χ0) is 19.1. The normalized spacial score (nSPS) is 11.2. The molecule has 140 valence electrons. The molecule has 0 fully saturated rings. The van der Waals surface area contributed by atoms with E-state index in [0.717, 1.165) is 22.8 Å². The number of hydrogen-bond donors (Lipinski definition) is 0. The molecule has 3 aromatic rings. The lowest BCUT2D eigenvalue weighted by Crippen LogP contribution is -2.42. The first-order valence-corrected chi connectivity index (χ1v) is 9.20. The highest BCUT2D eigenvalue weighted by Crippen LogP contribution is 2.35. The molecule has 0 spiro atoms. The van der Waals surface area contributed by atoms with E-state index < -0.39 is 0 Å². The van der Waals surface area contributed by atoms with Crippen molar-refractivity contribution in [2.75, 3.05) is 32.3 Å². The number of benzene rings is 3. The number of anilines is 3. The molecule has 0 bridgehead atoms. The second-order valence-electron chi connectivity index (χ2n) is 6.77. The molecular formula is C23H27N2O2+. The van der Waals surface area contributed by atoms with Crippen LogP contribution in [0.3, 0.4) is 0 Å². The van der Waals surface area contributed by atoms with Crippen LogP contribution in [0.4, 0.5) is 17.1 Å². The van der Waals surface area contributed by atoms with Crippen molar-refractivity contribution in [1.29, 1.82) is 0 Å². The third kappa shape index (κ3) is 5.09. The first-order chi connectivity index (χ1) is 13.1. The third-order valence-corrected chi connectivity index (χ3v) is 4.13. The quantitative estimate of drug-likeness (QED) is 0.299. The Morgan fingerprint density at radius 3 is 1.85 bits per heavy atom. The lowest BCUT2D eigenvalue weighted by Gasteiger charge is -2.27.